The zero-order valence-corrected chi connectivity index (χ0v) is 9.99. The lowest BCUT2D eigenvalue weighted by Gasteiger charge is -2.38. The molecule has 2 fully saturated rings. The van der Waals surface area contributed by atoms with Crippen LogP contribution in [0.5, 0.6) is 11.5 Å². The van der Waals surface area contributed by atoms with Gasteiger partial charge in [0, 0.05) is 41.9 Å². The highest BCUT2D eigenvalue weighted by Crippen LogP contribution is 2.60. The van der Waals surface area contributed by atoms with Crippen molar-refractivity contribution in [1.29, 1.82) is 0 Å². The van der Waals surface area contributed by atoms with Gasteiger partial charge in [-0.3, -0.25) is 0 Å². The van der Waals surface area contributed by atoms with Crippen LogP contribution in [0.3, 0.4) is 0 Å². The monoisotopic (exact) mass is 219 g/mol. The van der Waals surface area contributed by atoms with E-state index in [1.807, 2.05) is 6.07 Å². The number of methoxy groups -OCH3 is 2. The average molecular weight is 219 g/mol. The molecular formula is C13H17NO2. The minimum atomic E-state index is 0.594. The normalized spacial score (nSPS) is 30.4. The van der Waals surface area contributed by atoms with Crippen molar-refractivity contribution in [1.82, 2.24) is 0 Å². The van der Waals surface area contributed by atoms with E-state index in [2.05, 4.69) is 24.0 Å². The van der Waals surface area contributed by atoms with Gasteiger partial charge in [-0.2, -0.15) is 0 Å². The predicted molar refractivity (Wildman–Crippen MR) is 63.4 cm³/mol. The molecule has 1 saturated carbocycles. The van der Waals surface area contributed by atoms with Crippen LogP contribution in [0.25, 0.3) is 0 Å². The van der Waals surface area contributed by atoms with Crippen LogP contribution in [0.1, 0.15) is 13.3 Å². The van der Waals surface area contributed by atoms with E-state index in [1.54, 1.807) is 14.2 Å². The summed E-state index contributed by atoms with van der Waals surface area (Å²) in [7, 11) is 3.38. The van der Waals surface area contributed by atoms with Gasteiger partial charge in [-0.1, -0.05) is 6.92 Å². The molecule has 1 saturated heterocycles. The molecule has 1 heterocycles. The van der Waals surface area contributed by atoms with Crippen LogP contribution in [-0.4, -0.2) is 26.8 Å². The zero-order chi connectivity index (χ0) is 11.3. The molecule has 0 radical (unpaired) electrons. The molecule has 0 bridgehead atoms. The number of nitrogens with zero attached hydrogens (tertiary/aromatic N) is 1. The molecule has 16 heavy (non-hydrogen) atoms. The Kier molecular flexibility index (Phi) is 1.88. The van der Waals surface area contributed by atoms with Gasteiger partial charge in [0.05, 0.1) is 14.2 Å². The van der Waals surface area contributed by atoms with E-state index < -0.39 is 0 Å². The number of benzene rings is 1. The molecule has 3 nitrogen and oxygen atoms in total. The molecule has 0 aromatic heterocycles. The van der Waals surface area contributed by atoms with Gasteiger partial charge in [0.1, 0.15) is 11.5 Å². The first-order chi connectivity index (χ1) is 7.66. The Morgan fingerprint density at radius 2 is 1.81 bits per heavy atom. The third kappa shape index (κ3) is 1.27. The van der Waals surface area contributed by atoms with Crippen LogP contribution < -0.4 is 14.4 Å². The van der Waals surface area contributed by atoms with E-state index in [4.69, 9.17) is 9.47 Å². The Morgan fingerprint density at radius 3 is 2.19 bits per heavy atom. The minimum Gasteiger partial charge on any atom is -0.497 e. The summed E-state index contributed by atoms with van der Waals surface area (Å²) in [6.45, 7) is 3.51. The number of fused-ring (bicyclic) bond motifs is 1. The number of ether oxygens (including phenoxy) is 2. The van der Waals surface area contributed by atoms with Gasteiger partial charge in [-0.05, 0) is 6.42 Å². The van der Waals surface area contributed by atoms with Gasteiger partial charge in [0.25, 0.3) is 0 Å². The van der Waals surface area contributed by atoms with E-state index in [1.165, 1.54) is 12.1 Å². The van der Waals surface area contributed by atoms with Crippen LogP contribution in [0.4, 0.5) is 5.69 Å². The number of hydrogen-bond donors (Lipinski definition) is 0. The molecule has 0 unspecified atom stereocenters. The molecule has 0 amide bonds. The molecular weight excluding hydrogens is 202 g/mol. The second-order valence-corrected chi connectivity index (χ2v) is 5.07. The smallest absolute Gasteiger partial charge is 0.124 e. The van der Waals surface area contributed by atoms with Gasteiger partial charge in [-0.25, -0.2) is 0 Å². The molecule has 0 N–H and O–H groups in total. The maximum absolute atomic E-state index is 5.28. The second-order valence-electron chi connectivity index (χ2n) is 5.07. The van der Waals surface area contributed by atoms with Crippen molar-refractivity contribution < 1.29 is 9.47 Å². The Hall–Kier alpha value is -1.38. The highest BCUT2D eigenvalue weighted by Gasteiger charge is 2.63. The highest BCUT2D eigenvalue weighted by molar-refractivity contribution is 5.61. The van der Waals surface area contributed by atoms with Crippen LogP contribution in [0.2, 0.25) is 0 Å². The summed E-state index contributed by atoms with van der Waals surface area (Å²) in [5, 5.41) is 0. The van der Waals surface area contributed by atoms with Crippen molar-refractivity contribution in [2.24, 2.45) is 5.41 Å². The summed E-state index contributed by atoms with van der Waals surface area (Å²) in [5.74, 6) is 1.73. The van der Waals surface area contributed by atoms with Crippen LogP contribution in [0, 0.1) is 5.41 Å². The van der Waals surface area contributed by atoms with Crippen molar-refractivity contribution >= 4 is 5.69 Å². The van der Waals surface area contributed by atoms with Gasteiger partial charge < -0.3 is 14.4 Å². The van der Waals surface area contributed by atoms with Gasteiger partial charge in [-0.15, -0.1) is 0 Å². The Morgan fingerprint density at radius 1 is 1.19 bits per heavy atom. The Bertz CT molecular complexity index is 410. The van der Waals surface area contributed by atoms with Crippen LogP contribution in [-0.2, 0) is 0 Å². The Labute approximate surface area is 96.0 Å². The maximum atomic E-state index is 5.28. The fourth-order valence-corrected chi connectivity index (χ4v) is 2.66. The topological polar surface area (TPSA) is 21.7 Å². The zero-order valence-electron chi connectivity index (χ0n) is 9.99. The summed E-state index contributed by atoms with van der Waals surface area (Å²) < 4.78 is 10.6. The molecule has 1 aliphatic heterocycles. The summed E-state index contributed by atoms with van der Waals surface area (Å²) in [5.41, 5.74) is 1.81. The standard InChI is InChI=1S/C13H17NO2/c1-13-7-12(13)14(8-13)9-4-10(15-2)6-11(5-9)16-3/h4-6,12H,7-8H2,1-3H3/t12-,13-/m0/s1. The predicted octanol–water partition coefficient (Wildman–Crippen LogP) is 2.30. The van der Waals surface area contributed by atoms with Crippen molar-refractivity contribution in [3.8, 4) is 11.5 Å². The fraction of sp³-hybridized carbons (Fsp3) is 0.538. The third-order valence-electron chi connectivity index (χ3n) is 3.88. The molecule has 3 heteroatoms. The van der Waals surface area contributed by atoms with E-state index in [-0.39, 0.29) is 0 Å². The first kappa shape index (κ1) is 9.82. The van der Waals surface area contributed by atoms with Crippen molar-refractivity contribution in [2.45, 2.75) is 19.4 Å². The molecule has 3 rings (SSSR count). The summed E-state index contributed by atoms with van der Waals surface area (Å²) in [4.78, 5) is 2.44. The van der Waals surface area contributed by atoms with Crippen molar-refractivity contribution in [3.05, 3.63) is 18.2 Å². The Balaban J connectivity index is 1.89. The van der Waals surface area contributed by atoms with Gasteiger partial charge in [0.2, 0.25) is 0 Å². The first-order valence-corrected chi connectivity index (χ1v) is 5.66. The van der Waals surface area contributed by atoms with Crippen molar-refractivity contribution in [2.75, 3.05) is 25.7 Å². The fourth-order valence-electron chi connectivity index (χ4n) is 2.66. The third-order valence-corrected chi connectivity index (χ3v) is 3.88. The summed E-state index contributed by atoms with van der Waals surface area (Å²) >= 11 is 0. The van der Waals surface area contributed by atoms with E-state index in [0.717, 1.165) is 24.1 Å². The van der Waals surface area contributed by atoms with Gasteiger partial charge >= 0.3 is 0 Å². The van der Waals surface area contributed by atoms with E-state index in [9.17, 15) is 0 Å². The van der Waals surface area contributed by atoms with Gasteiger partial charge in [0.15, 0.2) is 0 Å². The lowest BCUT2D eigenvalue weighted by atomic mass is 10.00. The van der Waals surface area contributed by atoms with Crippen LogP contribution in [0.15, 0.2) is 18.2 Å². The van der Waals surface area contributed by atoms with E-state index in [0.29, 0.717) is 5.41 Å². The minimum absolute atomic E-state index is 0.594. The maximum Gasteiger partial charge on any atom is 0.124 e. The highest BCUT2D eigenvalue weighted by atomic mass is 16.5. The second kappa shape index (κ2) is 3.06. The summed E-state index contributed by atoms with van der Waals surface area (Å²) in [6, 6.07) is 6.82. The molecule has 0 spiro atoms. The number of anilines is 1. The molecule has 2 atom stereocenters. The number of rotatable bonds is 3. The SMILES string of the molecule is COc1cc(OC)cc(N2C[C@]3(C)C[C@H]23)c1. The lowest BCUT2D eigenvalue weighted by molar-refractivity contribution is 0.390. The molecule has 1 aromatic rings. The van der Waals surface area contributed by atoms with Crippen LogP contribution >= 0.6 is 0 Å². The molecule has 1 aromatic carbocycles. The quantitative estimate of drug-likeness (QED) is 0.778. The average Bonchev–Trinajstić information content (AvgIpc) is 2.83. The first-order valence-electron chi connectivity index (χ1n) is 5.66. The number of hydrogen-bond acceptors (Lipinski definition) is 3. The molecule has 1 aliphatic carbocycles. The molecule has 86 valence electrons. The summed E-state index contributed by atoms with van der Waals surface area (Å²) in [6.07, 6.45) is 1.33. The van der Waals surface area contributed by atoms with Crippen molar-refractivity contribution in [3.63, 3.8) is 0 Å². The van der Waals surface area contributed by atoms with E-state index >= 15 is 0 Å². The largest absolute Gasteiger partial charge is 0.497 e. The molecule has 2 aliphatic rings. The lowest BCUT2D eigenvalue weighted by Crippen LogP contribution is -2.45.